The summed E-state index contributed by atoms with van der Waals surface area (Å²) in [6.07, 6.45) is 0.163. The van der Waals surface area contributed by atoms with Crippen LogP contribution in [0.15, 0.2) is 24.3 Å². The second-order valence-corrected chi connectivity index (χ2v) is 7.62. The molecule has 0 aliphatic carbocycles. The summed E-state index contributed by atoms with van der Waals surface area (Å²) in [7, 11) is -2.90. The molecule has 1 aromatic carbocycles. The Kier molecular flexibility index (Phi) is 6.49. The fourth-order valence-corrected chi connectivity index (χ4v) is 2.52. The van der Waals surface area contributed by atoms with E-state index in [1.54, 1.807) is 6.92 Å². The maximum Gasteiger partial charge on any atom is 0.151 e. The summed E-state index contributed by atoms with van der Waals surface area (Å²) in [6, 6.07) is 8.01. The monoisotopic (exact) mass is 299 g/mol. The van der Waals surface area contributed by atoms with E-state index in [0.717, 1.165) is 11.3 Å². The molecule has 1 aromatic rings. The third-order valence-corrected chi connectivity index (χ3v) is 4.76. The minimum Gasteiger partial charge on any atom is -0.491 e. The lowest BCUT2D eigenvalue weighted by Crippen LogP contribution is -2.26. The second kappa shape index (κ2) is 7.64. The summed E-state index contributed by atoms with van der Waals surface area (Å²) in [4.78, 5) is 0. The highest BCUT2D eigenvalue weighted by Gasteiger charge is 2.09. The molecule has 0 radical (unpaired) electrons. The van der Waals surface area contributed by atoms with Gasteiger partial charge in [-0.05, 0) is 38.5 Å². The smallest absolute Gasteiger partial charge is 0.151 e. The number of rotatable bonds is 8. The standard InChI is InChI=1S/C15H25NO3S/c1-5-20(17,18)11-10-16-13(4)14-6-8-15(9-7-14)19-12(2)3/h6-9,12-13,16H,5,10-11H2,1-4H3. The summed E-state index contributed by atoms with van der Waals surface area (Å²) < 4.78 is 28.4. The van der Waals surface area contributed by atoms with Crippen molar-refractivity contribution >= 4 is 9.84 Å². The fraction of sp³-hybridized carbons (Fsp3) is 0.600. The molecule has 1 unspecified atom stereocenters. The van der Waals surface area contributed by atoms with Crippen LogP contribution < -0.4 is 10.1 Å². The van der Waals surface area contributed by atoms with Crippen molar-refractivity contribution < 1.29 is 13.2 Å². The van der Waals surface area contributed by atoms with Crippen LogP contribution in [0.3, 0.4) is 0 Å². The van der Waals surface area contributed by atoms with E-state index in [2.05, 4.69) is 5.32 Å². The summed E-state index contributed by atoms with van der Waals surface area (Å²) in [6.45, 7) is 8.16. The first-order chi connectivity index (χ1) is 9.34. The van der Waals surface area contributed by atoms with Gasteiger partial charge in [-0.3, -0.25) is 0 Å². The molecule has 0 aliphatic rings. The zero-order valence-corrected chi connectivity index (χ0v) is 13.5. The van der Waals surface area contributed by atoms with Gasteiger partial charge in [0, 0.05) is 18.3 Å². The van der Waals surface area contributed by atoms with E-state index < -0.39 is 9.84 Å². The van der Waals surface area contributed by atoms with Crippen molar-refractivity contribution in [1.29, 1.82) is 0 Å². The Balaban J connectivity index is 2.49. The third kappa shape index (κ3) is 5.92. The van der Waals surface area contributed by atoms with Gasteiger partial charge in [0.1, 0.15) is 5.75 Å². The van der Waals surface area contributed by atoms with E-state index in [1.807, 2.05) is 45.0 Å². The highest BCUT2D eigenvalue weighted by Crippen LogP contribution is 2.18. The summed E-state index contributed by atoms with van der Waals surface area (Å²) in [5, 5.41) is 3.23. The molecule has 0 bridgehead atoms. The lowest BCUT2D eigenvalue weighted by atomic mass is 10.1. The van der Waals surface area contributed by atoms with Crippen LogP contribution >= 0.6 is 0 Å². The normalized spacial score (nSPS) is 13.4. The zero-order chi connectivity index (χ0) is 15.2. The molecule has 1 N–H and O–H groups in total. The Morgan fingerprint density at radius 1 is 1.15 bits per heavy atom. The van der Waals surface area contributed by atoms with Crippen LogP contribution in [0.25, 0.3) is 0 Å². The average molecular weight is 299 g/mol. The van der Waals surface area contributed by atoms with Gasteiger partial charge in [0.2, 0.25) is 0 Å². The first kappa shape index (κ1) is 17.0. The van der Waals surface area contributed by atoms with Gasteiger partial charge in [-0.2, -0.15) is 0 Å². The van der Waals surface area contributed by atoms with Gasteiger partial charge in [-0.1, -0.05) is 19.1 Å². The van der Waals surface area contributed by atoms with Crippen molar-refractivity contribution in [2.45, 2.75) is 39.8 Å². The second-order valence-electron chi connectivity index (χ2n) is 5.15. The van der Waals surface area contributed by atoms with Crippen LogP contribution in [0, 0.1) is 0 Å². The number of benzene rings is 1. The molecule has 20 heavy (non-hydrogen) atoms. The maximum absolute atomic E-state index is 11.4. The molecule has 0 aromatic heterocycles. The van der Waals surface area contributed by atoms with Crippen molar-refractivity contribution in [3.8, 4) is 5.75 Å². The molecule has 0 saturated carbocycles. The van der Waals surface area contributed by atoms with Crippen molar-refractivity contribution in [1.82, 2.24) is 5.32 Å². The van der Waals surface area contributed by atoms with Gasteiger partial charge >= 0.3 is 0 Å². The fourth-order valence-electron chi connectivity index (χ4n) is 1.80. The van der Waals surface area contributed by atoms with E-state index in [9.17, 15) is 8.42 Å². The topological polar surface area (TPSA) is 55.4 Å². The largest absolute Gasteiger partial charge is 0.491 e. The highest BCUT2D eigenvalue weighted by molar-refractivity contribution is 7.91. The lowest BCUT2D eigenvalue weighted by Gasteiger charge is -2.15. The van der Waals surface area contributed by atoms with E-state index >= 15 is 0 Å². The van der Waals surface area contributed by atoms with Crippen LogP contribution in [0.4, 0.5) is 0 Å². The number of sulfone groups is 1. The van der Waals surface area contributed by atoms with E-state index in [0.29, 0.717) is 6.54 Å². The molecule has 5 heteroatoms. The summed E-state index contributed by atoms with van der Waals surface area (Å²) >= 11 is 0. The molecule has 0 fully saturated rings. The Bertz CT molecular complexity index is 494. The van der Waals surface area contributed by atoms with E-state index in [1.165, 1.54) is 0 Å². The number of ether oxygens (including phenoxy) is 1. The van der Waals surface area contributed by atoms with Crippen LogP contribution in [0.1, 0.15) is 39.3 Å². The van der Waals surface area contributed by atoms with Gasteiger partial charge in [-0.15, -0.1) is 0 Å². The molecule has 0 spiro atoms. The van der Waals surface area contributed by atoms with Crippen molar-refractivity contribution in [2.24, 2.45) is 0 Å². The number of hydrogen-bond acceptors (Lipinski definition) is 4. The average Bonchev–Trinajstić information content (AvgIpc) is 2.38. The predicted octanol–water partition coefficient (Wildman–Crippen LogP) is 2.56. The molecule has 0 aliphatic heterocycles. The van der Waals surface area contributed by atoms with Gasteiger partial charge in [-0.25, -0.2) is 8.42 Å². The quantitative estimate of drug-likeness (QED) is 0.801. The van der Waals surface area contributed by atoms with Gasteiger partial charge in [0.05, 0.1) is 11.9 Å². The van der Waals surface area contributed by atoms with Crippen molar-refractivity contribution in [3.63, 3.8) is 0 Å². The van der Waals surface area contributed by atoms with Gasteiger partial charge < -0.3 is 10.1 Å². The SMILES string of the molecule is CCS(=O)(=O)CCNC(C)c1ccc(OC(C)C)cc1. The van der Waals surface area contributed by atoms with E-state index in [-0.39, 0.29) is 23.7 Å². The Hall–Kier alpha value is -1.07. The first-order valence-corrected chi connectivity index (χ1v) is 8.86. The molecule has 0 amide bonds. The molecular formula is C15H25NO3S. The predicted molar refractivity (Wildman–Crippen MR) is 83.0 cm³/mol. The zero-order valence-electron chi connectivity index (χ0n) is 12.7. The summed E-state index contributed by atoms with van der Waals surface area (Å²) in [5.74, 6) is 1.23. The van der Waals surface area contributed by atoms with Gasteiger partial charge in [0.25, 0.3) is 0 Å². The first-order valence-electron chi connectivity index (χ1n) is 7.04. The summed E-state index contributed by atoms with van der Waals surface area (Å²) in [5.41, 5.74) is 1.12. The molecule has 4 nitrogen and oxygen atoms in total. The minimum absolute atomic E-state index is 0.121. The van der Waals surface area contributed by atoms with Crippen LogP contribution in [-0.4, -0.2) is 32.6 Å². The molecular weight excluding hydrogens is 274 g/mol. The highest BCUT2D eigenvalue weighted by atomic mass is 32.2. The van der Waals surface area contributed by atoms with Crippen LogP contribution in [0.5, 0.6) is 5.75 Å². The Labute approximate surface area is 122 Å². The number of hydrogen-bond donors (Lipinski definition) is 1. The molecule has 1 atom stereocenters. The molecule has 114 valence electrons. The van der Waals surface area contributed by atoms with Crippen molar-refractivity contribution in [3.05, 3.63) is 29.8 Å². The molecule has 0 heterocycles. The molecule has 1 rings (SSSR count). The maximum atomic E-state index is 11.4. The Morgan fingerprint density at radius 3 is 2.25 bits per heavy atom. The number of nitrogens with one attached hydrogen (secondary N) is 1. The van der Waals surface area contributed by atoms with Crippen LogP contribution in [-0.2, 0) is 9.84 Å². The van der Waals surface area contributed by atoms with Gasteiger partial charge in [0.15, 0.2) is 9.84 Å². The minimum atomic E-state index is -2.90. The lowest BCUT2D eigenvalue weighted by molar-refractivity contribution is 0.242. The molecule has 0 saturated heterocycles. The van der Waals surface area contributed by atoms with E-state index in [4.69, 9.17) is 4.74 Å². The van der Waals surface area contributed by atoms with Crippen molar-refractivity contribution in [2.75, 3.05) is 18.1 Å². The third-order valence-electron chi connectivity index (χ3n) is 3.06. The Morgan fingerprint density at radius 2 is 1.75 bits per heavy atom. The van der Waals surface area contributed by atoms with Crippen LogP contribution in [0.2, 0.25) is 0 Å².